The summed E-state index contributed by atoms with van der Waals surface area (Å²) in [7, 11) is 0. The van der Waals surface area contributed by atoms with Crippen LogP contribution in [0.5, 0.6) is 5.75 Å². The van der Waals surface area contributed by atoms with Crippen molar-refractivity contribution in [3.63, 3.8) is 0 Å². The van der Waals surface area contributed by atoms with E-state index in [1.165, 1.54) is 0 Å². The molecule has 0 radical (unpaired) electrons. The highest BCUT2D eigenvalue weighted by Gasteiger charge is 2.06. The average molecular weight is 282 g/mol. The number of halogens is 2. The first-order chi connectivity index (χ1) is 8.72. The number of hydrogen-bond acceptors (Lipinski definition) is 2. The van der Waals surface area contributed by atoms with Gasteiger partial charge in [0.2, 0.25) is 0 Å². The van der Waals surface area contributed by atoms with Crippen molar-refractivity contribution < 1.29 is 4.74 Å². The molecule has 0 amide bonds. The summed E-state index contributed by atoms with van der Waals surface area (Å²) in [6.45, 7) is 0.815. The lowest BCUT2D eigenvalue weighted by Crippen LogP contribution is -2.02. The van der Waals surface area contributed by atoms with Gasteiger partial charge in [0.15, 0.2) is 0 Å². The quantitative estimate of drug-likeness (QED) is 0.918. The van der Waals surface area contributed by atoms with Gasteiger partial charge < -0.3 is 10.5 Å². The van der Waals surface area contributed by atoms with Crippen molar-refractivity contribution in [2.45, 2.75) is 13.2 Å². The van der Waals surface area contributed by atoms with Gasteiger partial charge in [-0.25, -0.2) is 0 Å². The van der Waals surface area contributed by atoms with Crippen LogP contribution in [0.4, 0.5) is 0 Å². The van der Waals surface area contributed by atoms with Gasteiger partial charge in [0, 0.05) is 17.7 Å². The fraction of sp³-hybridized carbons (Fsp3) is 0.143. The van der Waals surface area contributed by atoms with Crippen molar-refractivity contribution >= 4 is 23.2 Å². The monoisotopic (exact) mass is 281 g/mol. The Morgan fingerprint density at radius 2 is 1.67 bits per heavy atom. The minimum Gasteiger partial charge on any atom is -0.489 e. The predicted octanol–water partition coefficient (Wildman–Crippen LogP) is 4.03. The van der Waals surface area contributed by atoms with Crippen LogP contribution in [-0.2, 0) is 13.2 Å². The molecule has 2 rings (SSSR count). The molecule has 2 aromatic rings. The molecule has 0 saturated carbocycles. The Morgan fingerprint density at radius 1 is 0.944 bits per heavy atom. The molecule has 0 atom stereocenters. The molecule has 94 valence electrons. The zero-order chi connectivity index (χ0) is 13.0. The van der Waals surface area contributed by atoms with E-state index in [1.54, 1.807) is 6.07 Å². The Labute approximate surface area is 116 Å². The lowest BCUT2D eigenvalue weighted by atomic mass is 10.2. The fourth-order valence-electron chi connectivity index (χ4n) is 1.63. The number of nitrogens with two attached hydrogens (primary N) is 1. The molecule has 2 aromatic carbocycles. The highest BCUT2D eigenvalue weighted by Crippen LogP contribution is 2.27. The summed E-state index contributed by atoms with van der Waals surface area (Å²) in [6.07, 6.45) is 0. The number of para-hydroxylation sites is 1. The summed E-state index contributed by atoms with van der Waals surface area (Å²) in [5, 5.41) is 1.06. The van der Waals surface area contributed by atoms with Gasteiger partial charge in [0.05, 0.1) is 10.0 Å². The van der Waals surface area contributed by atoms with Gasteiger partial charge in [0.25, 0.3) is 0 Å². The molecular weight excluding hydrogens is 269 g/mol. The average Bonchev–Trinajstić information content (AvgIpc) is 2.41. The van der Waals surface area contributed by atoms with E-state index >= 15 is 0 Å². The highest BCUT2D eigenvalue weighted by molar-refractivity contribution is 6.42. The van der Waals surface area contributed by atoms with Crippen molar-refractivity contribution in [2.75, 3.05) is 0 Å². The maximum absolute atomic E-state index is 6.10. The summed E-state index contributed by atoms with van der Waals surface area (Å²) < 4.78 is 5.73. The SMILES string of the molecule is NCc1ccccc1OCc1cccc(Cl)c1Cl. The maximum Gasteiger partial charge on any atom is 0.124 e. The van der Waals surface area contributed by atoms with E-state index in [-0.39, 0.29) is 0 Å². The summed E-state index contributed by atoms with van der Waals surface area (Å²) >= 11 is 12.0. The van der Waals surface area contributed by atoms with E-state index in [1.807, 2.05) is 36.4 Å². The third-order valence-corrected chi connectivity index (χ3v) is 3.47. The molecule has 0 aliphatic carbocycles. The predicted molar refractivity (Wildman–Crippen MR) is 75.1 cm³/mol. The number of rotatable bonds is 4. The van der Waals surface area contributed by atoms with Crippen LogP contribution in [0.1, 0.15) is 11.1 Å². The lowest BCUT2D eigenvalue weighted by molar-refractivity contribution is 0.303. The fourth-order valence-corrected chi connectivity index (χ4v) is 2.00. The minimum atomic E-state index is 0.371. The molecule has 0 aromatic heterocycles. The van der Waals surface area contributed by atoms with Gasteiger partial charge in [-0.3, -0.25) is 0 Å². The standard InChI is InChI=1S/C14H13Cl2NO/c15-12-6-3-5-11(14(12)16)9-18-13-7-2-1-4-10(13)8-17/h1-7H,8-9,17H2. The van der Waals surface area contributed by atoms with Crippen LogP contribution >= 0.6 is 23.2 Å². The second-order valence-corrected chi connectivity index (χ2v) is 4.60. The van der Waals surface area contributed by atoms with Gasteiger partial charge in [-0.05, 0) is 12.1 Å². The second-order valence-electron chi connectivity index (χ2n) is 3.81. The third-order valence-electron chi connectivity index (χ3n) is 2.61. The van der Waals surface area contributed by atoms with Crippen molar-refractivity contribution in [3.05, 3.63) is 63.6 Å². The Balaban J connectivity index is 2.14. The number of hydrogen-bond donors (Lipinski definition) is 1. The molecular formula is C14H13Cl2NO. The molecule has 0 unspecified atom stereocenters. The van der Waals surface area contributed by atoms with Gasteiger partial charge in [-0.1, -0.05) is 53.5 Å². The van der Waals surface area contributed by atoms with Crippen LogP contribution in [0.3, 0.4) is 0 Å². The first-order valence-corrected chi connectivity index (χ1v) is 6.31. The van der Waals surface area contributed by atoms with E-state index in [0.717, 1.165) is 16.9 Å². The van der Waals surface area contributed by atoms with Crippen LogP contribution in [0.25, 0.3) is 0 Å². The van der Waals surface area contributed by atoms with Crippen molar-refractivity contribution in [2.24, 2.45) is 5.73 Å². The number of benzene rings is 2. The van der Waals surface area contributed by atoms with Crippen molar-refractivity contribution in [3.8, 4) is 5.75 Å². The van der Waals surface area contributed by atoms with E-state index in [9.17, 15) is 0 Å². The Kier molecular flexibility index (Phi) is 4.48. The molecule has 0 fully saturated rings. The first kappa shape index (κ1) is 13.2. The van der Waals surface area contributed by atoms with Crippen LogP contribution in [0.15, 0.2) is 42.5 Å². The molecule has 2 N–H and O–H groups in total. The molecule has 4 heteroatoms. The van der Waals surface area contributed by atoms with Crippen LogP contribution in [-0.4, -0.2) is 0 Å². The van der Waals surface area contributed by atoms with E-state index in [4.69, 9.17) is 33.7 Å². The zero-order valence-electron chi connectivity index (χ0n) is 9.70. The van der Waals surface area contributed by atoms with Crippen molar-refractivity contribution in [1.29, 1.82) is 0 Å². The Morgan fingerprint density at radius 3 is 2.44 bits per heavy atom. The molecule has 0 saturated heterocycles. The van der Waals surface area contributed by atoms with Crippen LogP contribution in [0, 0.1) is 0 Å². The minimum absolute atomic E-state index is 0.371. The summed E-state index contributed by atoms with van der Waals surface area (Å²) in [6, 6.07) is 13.2. The van der Waals surface area contributed by atoms with E-state index in [0.29, 0.717) is 23.2 Å². The highest BCUT2D eigenvalue weighted by atomic mass is 35.5. The third kappa shape index (κ3) is 2.96. The maximum atomic E-state index is 6.10. The van der Waals surface area contributed by atoms with E-state index in [2.05, 4.69) is 0 Å². The molecule has 18 heavy (non-hydrogen) atoms. The molecule has 0 aliphatic heterocycles. The number of ether oxygens (including phenoxy) is 1. The molecule has 2 nitrogen and oxygen atoms in total. The molecule has 0 spiro atoms. The molecule has 0 aliphatic rings. The first-order valence-electron chi connectivity index (χ1n) is 5.56. The van der Waals surface area contributed by atoms with E-state index < -0.39 is 0 Å². The Bertz CT molecular complexity index is 543. The van der Waals surface area contributed by atoms with Crippen LogP contribution in [0.2, 0.25) is 10.0 Å². The topological polar surface area (TPSA) is 35.2 Å². The lowest BCUT2D eigenvalue weighted by Gasteiger charge is -2.11. The van der Waals surface area contributed by atoms with Gasteiger partial charge >= 0.3 is 0 Å². The summed E-state index contributed by atoms with van der Waals surface area (Å²) in [4.78, 5) is 0. The van der Waals surface area contributed by atoms with Gasteiger partial charge in [0.1, 0.15) is 12.4 Å². The van der Waals surface area contributed by atoms with Crippen molar-refractivity contribution in [1.82, 2.24) is 0 Å². The summed E-state index contributed by atoms with van der Waals surface area (Å²) in [5.74, 6) is 0.774. The largest absolute Gasteiger partial charge is 0.489 e. The molecule has 0 heterocycles. The second kappa shape index (κ2) is 6.10. The molecule has 0 bridgehead atoms. The zero-order valence-corrected chi connectivity index (χ0v) is 11.2. The Hall–Kier alpha value is -1.22. The normalized spacial score (nSPS) is 10.4. The van der Waals surface area contributed by atoms with Gasteiger partial charge in [-0.15, -0.1) is 0 Å². The van der Waals surface area contributed by atoms with Crippen LogP contribution < -0.4 is 10.5 Å². The smallest absolute Gasteiger partial charge is 0.124 e. The summed E-state index contributed by atoms with van der Waals surface area (Å²) in [5.41, 5.74) is 7.47. The van der Waals surface area contributed by atoms with Gasteiger partial charge in [-0.2, -0.15) is 0 Å².